The fourth-order valence-electron chi connectivity index (χ4n) is 3.44. The van der Waals surface area contributed by atoms with Crippen molar-refractivity contribution >= 4 is 17.6 Å². The highest BCUT2D eigenvalue weighted by Crippen LogP contribution is 2.37. The van der Waals surface area contributed by atoms with E-state index in [-0.39, 0.29) is 11.9 Å². The van der Waals surface area contributed by atoms with Crippen LogP contribution in [-0.4, -0.2) is 25.5 Å². The lowest BCUT2D eigenvalue weighted by atomic mass is 9.95. The molecule has 21 heavy (non-hydrogen) atoms. The van der Waals surface area contributed by atoms with Gasteiger partial charge in [-0.2, -0.15) is 0 Å². The molecular weight excluding hydrogens is 266 g/mol. The molecule has 1 aromatic carbocycles. The minimum Gasteiger partial charge on any atom is -0.465 e. The largest absolute Gasteiger partial charge is 0.465 e. The summed E-state index contributed by atoms with van der Waals surface area (Å²) < 4.78 is 4.86. The summed E-state index contributed by atoms with van der Waals surface area (Å²) in [5.41, 5.74) is 2.57. The van der Waals surface area contributed by atoms with Gasteiger partial charge in [-0.05, 0) is 48.9 Å². The minimum atomic E-state index is -0.331. The number of hydrogen-bond acceptors (Lipinski definition) is 3. The highest BCUT2D eigenvalue weighted by atomic mass is 16.5. The Morgan fingerprint density at radius 2 is 1.95 bits per heavy atom. The maximum atomic E-state index is 12.0. The molecule has 4 nitrogen and oxygen atoms in total. The summed E-state index contributed by atoms with van der Waals surface area (Å²) in [5.74, 6) is 0.322. The molecular formula is C17H21NO3. The quantitative estimate of drug-likeness (QED) is 0.802. The second kappa shape index (κ2) is 5.88. The molecule has 1 amide bonds. The van der Waals surface area contributed by atoms with Crippen molar-refractivity contribution in [2.75, 3.05) is 18.6 Å². The highest BCUT2D eigenvalue weighted by Gasteiger charge is 2.25. The molecule has 0 aromatic heterocycles. The number of amides is 1. The van der Waals surface area contributed by atoms with Gasteiger partial charge in [0.25, 0.3) is 0 Å². The van der Waals surface area contributed by atoms with Gasteiger partial charge in [0.05, 0.1) is 12.7 Å². The van der Waals surface area contributed by atoms with Gasteiger partial charge in [-0.25, -0.2) is 4.79 Å². The summed E-state index contributed by atoms with van der Waals surface area (Å²) >= 11 is 0. The summed E-state index contributed by atoms with van der Waals surface area (Å²) in [6.07, 6.45) is 6.30. The molecule has 1 aliphatic heterocycles. The first-order valence-corrected chi connectivity index (χ1v) is 7.72. The Hall–Kier alpha value is -1.84. The van der Waals surface area contributed by atoms with Crippen molar-refractivity contribution in [3.63, 3.8) is 0 Å². The molecule has 0 unspecified atom stereocenters. The molecule has 3 rings (SSSR count). The Morgan fingerprint density at radius 3 is 2.57 bits per heavy atom. The SMILES string of the molecule is COC(=O)c1cc(C2CCCC2)cc(N2CCCC2=O)c1. The van der Waals surface area contributed by atoms with Crippen LogP contribution >= 0.6 is 0 Å². The van der Waals surface area contributed by atoms with Gasteiger partial charge in [-0.1, -0.05) is 12.8 Å². The third kappa shape index (κ3) is 2.80. The molecule has 1 saturated heterocycles. The van der Waals surface area contributed by atoms with E-state index in [1.54, 1.807) is 11.0 Å². The van der Waals surface area contributed by atoms with Crippen molar-refractivity contribution in [3.05, 3.63) is 29.3 Å². The van der Waals surface area contributed by atoms with Gasteiger partial charge in [0, 0.05) is 18.7 Å². The molecule has 112 valence electrons. The van der Waals surface area contributed by atoms with Crippen LogP contribution in [0.3, 0.4) is 0 Å². The lowest BCUT2D eigenvalue weighted by molar-refractivity contribution is -0.117. The average Bonchev–Trinajstić information content (AvgIpc) is 3.17. The van der Waals surface area contributed by atoms with Crippen LogP contribution < -0.4 is 4.90 Å². The van der Waals surface area contributed by atoms with Crippen LogP contribution in [0.15, 0.2) is 18.2 Å². The third-order valence-corrected chi connectivity index (χ3v) is 4.57. The van der Waals surface area contributed by atoms with E-state index in [0.717, 1.165) is 31.5 Å². The smallest absolute Gasteiger partial charge is 0.337 e. The Labute approximate surface area is 125 Å². The van der Waals surface area contributed by atoms with E-state index >= 15 is 0 Å². The van der Waals surface area contributed by atoms with Crippen LogP contribution in [-0.2, 0) is 9.53 Å². The Balaban J connectivity index is 1.99. The van der Waals surface area contributed by atoms with Crippen molar-refractivity contribution in [3.8, 4) is 0 Å². The number of benzene rings is 1. The summed E-state index contributed by atoms with van der Waals surface area (Å²) in [7, 11) is 1.39. The molecule has 4 heteroatoms. The predicted octanol–water partition coefficient (Wildman–Crippen LogP) is 3.26. The van der Waals surface area contributed by atoms with Crippen LogP contribution in [0.5, 0.6) is 0 Å². The van der Waals surface area contributed by atoms with Gasteiger partial charge >= 0.3 is 5.97 Å². The van der Waals surface area contributed by atoms with E-state index in [2.05, 4.69) is 6.07 Å². The van der Waals surface area contributed by atoms with Gasteiger partial charge < -0.3 is 9.64 Å². The zero-order valence-corrected chi connectivity index (χ0v) is 12.4. The number of anilines is 1. The molecule has 1 saturated carbocycles. The maximum Gasteiger partial charge on any atom is 0.337 e. The molecule has 1 aliphatic carbocycles. The van der Waals surface area contributed by atoms with Gasteiger partial charge in [-0.3, -0.25) is 4.79 Å². The van der Waals surface area contributed by atoms with E-state index < -0.39 is 0 Å². The average molecular weight is 287 g/mol. The highest BCUT2D eigenvalue weighted by molar-refractivity contribution is 5.97. The van der Waals surface area contributed by atoms with E-state index in [1.807, 2.05) is 6.07 Å². The molecule has 0 atom stereocenters. The lowest BCUT2D eigenvalue weighted by Crippen LogP contribution is -2.24. The first kappa shape index (κ1) is 14.1. The zero-order valence-electron chi connectivity index (χ0n) is 12.4. The Kier molecular flexibility index (Phi) is 3.95. The van der Waals surface area contributed by atoms with Crippen molar-refractivity contribution in [1.82, 2.24) is 0 Å². The van der Waals surface area contributed by atoms with E-state index in [1.165, 1.54) is 25.5 Å². The van der Waals surface area contributed by atoms with Crippen molar-refractivity contribution < 1.29 is 14.3 Å². The standard InChI is InChI=1S/C17H21NO3/c1-21-17(20)14-9-13(12-5-2-3-6-12)10-15(11-14)18-8-4-7-16(18)19/h9-12H,2-8H2,1H3. The fourth-order valence-corrected chi connectivity index (χ4v) is 3.44. The summed E-state index contributed by atoms with van der Waals surface area (Å²) in [4.78, 5) is 25.7. The Bertz CT molecular complexity index is 561. The summed E-state index contributed by atoms with van der Waals surface area (Å²) in [5, 5.41) is 0. The predicted molar refractivity (Wildman–Crippen MR) is 80.6 cm³/mol. The number of esters is 1. The van der Waals surface area contributed by atoms with Gasteiger partial charge in [0.1, 0.15) is 0 Å². The van der Waals surface area contributed by atoms with Crippen LogP contribution in [0, 0.1) is 0 Å². The van der Waals surface area contributed by atoms with Crippen LogP contribution in [0.4, 0.5) is 5.69 Å². The number of rotatable bonds is 3. The first-order chi connectivity index (χ1) is 10.2. The van der Waals surface area contributed by atoms with Crippen LogP contribution in [0.2, 0.25) is 0 Å². The second-order valence-electron chi connectivity index (χ2n) is 5.94. The molecule has 0 spiro atoms. The number of methoxy groups -OCH3 is 1. The second-order valence-corrected chi connectivity index (χ2v) is 5.94. The summed E-state index contributed by atoms with van der Waals surface area (Å²) in [6.45, 7) is 0.744. The van der Waals surface area contributed by atoms with Gasteiger partial charge in [0.15, 0.2) is 0 Å². The monoisotopic (exact) mass is 287 g/mol. The van der Waals surface area contributed by atoms with Gasteiger partial charge in [-0.15, -0.1) is 0 Å². The molecule has 2 fully saturated rings. The van der Waals surface area contributed by atoms with Crippen LogP contribution in [0.25, 0.3) is 0 Å². The molecule has 2 aliphatic rings. The minimum absolute atomic E-state index is 0.148. The molecule has 0 N–H and O–H groups in total. The van der Waals surface area contributed by atoms with Gasteiger partial charge in [0.2, 0.25) is 5.91 Å². The molecule has 0 bridgehead atoms. The van der Waals surface area contributed by atoms with Crippen LogP contribution in [0.1, 0.15) is 60.4 Å². The fraction of sp³-hybridized carbons (Fsp3) is 0.529. The van der Waals surface area contributed by atoms with Crippen molar-refractivity contribution in [1.29, 1.82) is 0 Å². The zero-order chi connectivity index (χ0) is 14.8. The third-order valence-electron chi connectivity index (χ3n) is 4.57. The number of nitrogens with zero attached hydrogens (tertiary/aromatic N) is 1. The van der Waals surface area contributed by atoms with E-state index in [0.29, 0.717) is 17.9 Å². The number of hydrogen-bond donors (Lipinski definition) is 0. The van der Waals surface area contributed by atoms with Crippen molar-refractivity contribution in [2.24, 2.45) is 0 Å². The molecule has 0 radical (unpaired) electrons. The first-order valence-electron chi connectivity index (χ1n) is 7.72. The molecule has 1 aromatic rings. The van der Waals surface area contributed by atoms with Crippen molar-refractivity contribution in [2.45, 2.75) is 44.4 Å². The maximum absolute atomic E-state index is 12.0. The Morgan fingerprint density at radius 1 is 1.19 bits per heavy atom. The topological polar surface area (TPSA) is 46.6 Å². The normalized spacial score (nSPS) is 19.3. The lowest BCUT2D eigenvalue weighted by Gasteiger charge is -2.20. The molecule has 1 heterocycles. The number of ether oxygens (including phenoxy) is 1. The number of carbonyl (C=O) groups excluding carboxylic acids is 2. The summed E-state index contributed by atoms with van der Waals surface area (Å²) in [6, 6.07) is 5.81. The number of carbonyl (C=O) groups is 2. The van der Waals surface area contributed by atoms with E-state index in [4.69, 9.17) is 4.74 Å². The van der Waals surface area contributed by atoms with E-state index in [9.17, 15) is 9.59 Å².